The van der Waals surface area contributed by atoms with E-state index < -0.39 is 34.3 Å². The summed E-state index contributed by atoms with van der Waals surface area (Å²) in [7, 11) is -4.34. The highest BCUT2D eigenvalue weighted by atomic mass is 35.5. The van der Waals surface area contributed by atoms with Crippen molar-refractivity contribution in [2.24, 2.45) is 5.92 Å². The molecule has 0 fully saturated rings. The van der Waals surface area contributed by atoms with Crippen molar-refractivity contribution >= 4 is 50.7 Å². The molecule has 0 saturated heterocycles. The smallest absolute Gasteiger partial charge is 0.264 e. The first kappa shape index (κ1) is 34.9. The summed E-state index contributed by atoms with van der Waals surface area (Å²) in [6.45, 7) is 5.48. The Morgan fingerprint density at radius 2 is 1.50 bits per heavy atom. The van der Waals surface area contributed by atoms with Gasteiger partial charge in [-0.15, -0.1) is 0 Å². The van der Waals surface area contributed by atoms with Crippen molar-refractivity contribution in [2.75, 3.05) is 17.4 Å². The summed E-state index contributed by atoms with van der Waals surface area (Å²) in [5.74, 6) is -1.45. The summed E-state index contributed by atoms with van der Waals surface area (Å²) in [6, 6.07) is 24.3. The molecule has 1 N–H and O–H groups in total. The fourth-order valence-electron chi connectivity index (χ4n) is 4.78. The number of benzene rings is 4. The van der Waals surface area contributed by atoms with Crippen molar-refractivity contribution in [3.63, 3.8) is 0 Å². The maximum Gasteiger partial charge on any atom is 0.264 e. The van der Waals surface area contributed by atoms with E-state index in [1.54, 1.807) is 42.5 Å². The highest BCUT2D eigenvalue weighted by Crippen LogP contribution is 2.27. The van der Waals surface area contributed by atoms with Gasteiger partial charge in [-0.1, -0.05) is 91.1 Å². The molecule has 0 spiro atoms. The second-order valence-electron chi connectivity index (χ2n) is 11.4. The predicted molar refractivity (Wildman–Crippen MR) is 181 cm³/mol. The Bertz CT molecular complexity index is 1750. The topological polar surface area (TPSA) is 86.8 Å². The number of anilines is 1. The van der Waals surface area contributed by atoms with Gasteiger partial charge in [0.1, 0.15) is 18.4 Å². The first-order valence-electron chi connectivity index (χ1n) is 14.7. The van der Waals surface area contributed by atoms with Crippen molar-refractivity contribution in [1.82, 2.24) is 10.2 Å². The molecule has 7 nitrogen and oxygen atoms in total. The summed E-state index contributed by atoms with van der Waals surface area (Å²) < 4.78 is 42.8. The number of amides is 2. The van der Waals surface area contributed by atoms with Gasteiger partial charge in [-0.05, 0) is 72.5 Å². The third-order valence-corrected chi connectivity index (χ3v) is 9.82. The molecule has 4 aromatic carbocycles. The molecule has 0 radical (unpaired) electrons. The Kier molecular flexibility index (Phi) is 11.8. The van der Waals surface area contributed by atoms with Crippen LogP contribution in [0.2, 0.25) is 10.0 Å². The Morgan fingerprint density at radius 1 is 0.848 bits per heavy atom. The number of sulfonamides is 1. The number of nitrogens with zero attached hydrogens (tertiary/aromatic N) is 2. The van der Waals surface area contributed by atoms with E-state index in [4.69, 9.17) is 23.2 Å². The molecule has 2 amide bonds. The zero-order valence-electron chi connectivity index (χ0n) is 25.8. The summed E-state index contributed by atoms with van der Waals surface area (Å²) in [5, 5.41) is 3.55. The average molecular weight is 685 g/mol. The van der Waals surface area contributed by atoms with E-state index in [0.717, 1.165) is 39.7 Å². The van der Waals surface area contributed by atoms with E-state index in [1.807, 2.05) is 51.1 Å². The molecule has 0 aromatic heterocycles. The second-order valence-corrected chi connectivity index (χ2v) is 14.1. The van der Waals surface area contributed by atoms with Gasteiger partial charge in [0.15, 0.2) is 0 Å². The van der Waals surface area contributed by atoms with Gasteiger partial charge in [0, 0.05) is 19.5 Å². The van der Waals surface area contributed by atoms with Gasteiger partial charge in [-0.25, -0.2) is 12.8 Å². The Labute approximate surface area is 280 Å². The van der Waals surface area contributed by atoms with E-state index in [-0.39, 0.29) is 40.4 Å². The molecule has 0 aliphatic rings. The van der Waals surface area contributed by atoms with Crippen LogP contribution in [0.4, 0.5) is 10.1 Å². The fraction of sp³-hybridized carbons (Fsp3) is 0.257. The van der Waals surface area contributed by atoms with Gasteiger partial charge < -0.3 is 10.2 Å². The molecule has 0 bridgehead atoms. The van der Waals surface area contributed by atoms with Crippen LogP contribution in [0, 0.1) is 18.7 Å². The Hall–Kier alpha value is -3.92. The largest absolute Gasteiger partial charge is 0.354 e. The van der Waals surface area contributed by atoms with Crippen molar-refractivity contribution in [3.05, 3.63) is 130 Å². The molecule has 0 saturated carbocycles. The number of aryl methyl sites for hydroxylation is 1. The number of halogens is 3. The first-order chi connectivity index (χ1) is 21.8. The molecule has 0 unspecified atom stereocenters. The minimum atomic E-state index is -4.34. The van der Waals surface area contributed by atoms with Gasteiger partial charge in [0.25, 0.3) is 10.0 Å². The zero-order valence-corrected chi connectivity index (χ0v) is 28.1. The zero-order chi connectivity index (χ0) is 33.4. The first-order valence-corrected chi connectivity index (χ1v) is 16.9. The van der Waals surface area contributed by atoms with Gasteiger partial charge in [0.2, 0.25) is 11.8 Å². The number of hydrogen-bond donors (Lipinski definition) is 1. The Balaban J connectivity index is 1.81. The standard InChI is InChI=1S/C35H36Cl2FN3O4S/c1-24(2)21-39-35(43)33(20-26-7-5-4-6-8-26)40(22-27-11-18-31(36)32(37)19-27)34(42)23-41(29-14-9-25(3)10-15-29)46(44,45)30-16-12-28(38)13-17-30/h4-19,24,33H,20-23H2,1-3H3,(H,39,43)/t33-/m1/s1. The van der Waals surface area contributed by atoms with Gasteiger partial charge in [-0.3, -0.25) is 13.9 Å². The van der Waals surface area contributed by atoms with E-state index in [0.29, 0.717) is 17.1 Å². The predicted octanol–water partition coefficient (Wildman–Crippen LogP) is 7.05. The molecule has 242 valence electrons. The van der Waals surface area contributed by atoms with Gasteiger partial charge in [-0.2, -0.15) is 0 Å². The minimum Gasteiger partial charge on any atom is -0.354 e. The normalized spacial score (nSPS) is 12.1. The van der Waals surface area contributed by atoms with E-state index in [9.17, 15) is 22.4 Å². The third kappa shape index (κ3) is 9.09. The van der Waals surface area contributed by atoms with Crippen LogP contribution in [0.3, 0.4) is 0 Å². The summed E-state index contributed by atoms with van der Waals surface area (Å²) in [6.07, 6.45) is 0.174. The number of carbonyl (C=O) groups is 2. The van der Waals surface area contributed by atoms with Crippen molar-refractivity contribution < 1.29 is 22.4 Å². The van der Waals surface area contributed by atoms with Crippen LogP contribution in [0.1, 0.15) is 30.5 Å². The average Bonchev–Trinajstić information content (AvgIpc) is 3.03. The molecular weight excluding hydrogens is 648 g/mol. The van der Waals surface area contributed by atoms with E-state index >= 15 is 0 Å². The molecule has 0 aliphatic carbocycles. The van der Waals surface area contributed by atoms with Crippen molar-refractivity contribution in [1.29, 1.82) is 0 Å². The molecule has 4 aromatic rings. The van der Waals surface area contributed by atoms with Crippen LogP contribution in [0.15, 0.2) is 102 Å². The SMILES string of the molecule is Cc1ccc(N(CC(=O)N(Cc2ccc(Cl)c(Cl)c2)[C@H](Cc2ccccc2)C(=O)NCC(C)C)S(=O)(=O)c2ccc(F)cc2)cc1. The van der Waals surface area contributed by atoms with Crippen molar-refractivity contribution in [3.8, 4) is 0 Å². The maximum absolute atomic E-state index is 14.5. The molecule has 46 heavy (non-hydrogen) atoms. The molecule has 0 heterocycles. The lowest BCUT2D eigenvalue weighted by Gasteiger charge is -2.34. The Morgan fingerprint density at radius 3 is 2.11 bits per heavy atom. The van der Waals surface area contributed by atoms with Crippen LogP contribution in [0.5, 0.6) is 0 Å². The van der Waals surface area contributed by atoms with Crippen LogP contribution in [0.25, 0.3) is 0 Å². The molecule has 0 aliphatic heterocycles. The molecule has 11 heteroatoms. The summed E-state index contributed by atoms with van der Waals surface area (Å²) >= 11 is 12.5. The van der Waals surface area contributed by atoms with Crippen LogP contribution in [-0.2, 0) is 32.6 Å². The fourth-order valence-corrected chi connectivity index (χ4v) is 6.52. The van der Waals surface area contributed by atoms with Gasteiger partial charge >= 0.3 is 0 Å². The quantitative estimate of drug-likeness (QED) is 0.164. The lowest BCUT2D eigenvalue weighted by Crippen LogP contribution is -2.53. The lowest BCUT2D eigenvalue weighted by molar-refractivity contribution is -0.140. The third-order valence-electron chi connectivity index (χ3n) is 7.30. The van der Waals surface area contributed by atoms with Crippen LogP contribution < -0.4 is 9.62 Å². The molecule has 4 rings (SSSR count). The highest BCUT2D eigenvalue weighted by Gasteiger charge is 2.34. The number of hydrogen-bond acceptors (Lipinski definition) is 4. The van der Waals surface area contributed by atoms with Crippen LogP contribution in [-0.4, -0.2) is 44.3 Å². The minimum absolute atomic E-state index is 0.0549. The highest BCUT2D eigenvalue weighted by molar-refractivity contribution is 7.92. The monoisotopic (exact) mass is 683 g/mol. The van der Waals surface area contributed by atoms with Gasteiger partial charge in [0.05, 0.1) is 20.6 Å². The summed E-state index contributed by atoms with van der Waals surface area (Å²) in [4.78, 5) is 29.5. The number of rotatable bonds is 13. The van der Waals surface area contributed by atoms with Crippen LogP contribution >= 0.6 is 23.2 Å². The maximum atomic E-state index is 14.5. The molecular formula is C35H36Cl2FN3O4S. The van der Waals surface area contributed by atoms with Crippen molar-refractivity contribution in [2.45, 2.75) is 44.7 Å². The lowest BCUT2D eigenvalue weighted by atomic mass is 10.0. The van der Waals surface area contributed by atoms with E-state index in [2.05, 4.69) is 5.32 Å². The number of nitrogens with one attached hydrogen (secondary N) is 1. The summed E-state index contributed by atoms with van der Waals surface area (Å²) in [5.41, 5.74) is 2.54. The number of carbonyl (C=O) groups excluding carboxylic acids is 2. The molecule has 1 atom stereocenters. The van der Waals surface area contributed by atoms with E-state index in [1.165, 1.54) is 4.90 Å². The second kappa shape index (κ2) is 15.6.